The van der Waals surface area contributed by atoms with Crippen molar-refractivity contribution in [2.45, 2.75) is 183 Å². The predicted octanol–water partition coefficient (Wildman–Crippen LogP) is 11.2. The summed E-state index contributed by atoms with van der Waals surface area (Å²) in [6.07, 6.45) is 26.0. The van der Waals surface area contributed by atoms with Gasteiger partial charge in [0.25, 0.3) is 0 Å². The van der Waals surface area contributed by atoms with Crippen molar-refractivity contribution < 1.29 is 19.1 Å². The zero-order chi connectivity index (χ0) is 29.8. The number of hydrogen-bond donors (Lipinski definition) is 0. The second-order valence-electron chi connectivity index (χ2n) is 13.1. The minimum absolute atomic E-state index is 0.0103. The van der Waals surface area contributed by atoms with E-state index < -0.39 is 0 Å². The normalized spacial score (nSPS) is 13.1. The first-order chi connectivity index (χ1) is 19.3. The van der Waals surface area contributed by atoms with E-state index in [0.29, 0.717) is 37.4 Å². The van der Waals surface area contributed by atoms with Gasteiger partial charge in [-0.25, -0.2) is 0 Å². The average molecular weight is 567 g/mol. The summed E-state index contributed by atoms with van der Waals surface area (Å²) in [5.74, 6) is 1.94. The average Bonchev–Trinajstić information content (AvgIpc) is 2.92. The van der Waals surface area contributed by atoms with Crippen LogP contribution in [0.5, 0.6) is 0 Å². The van der Waals surface area contributed by atoms with Gasteiger partial charge in [0.15, 0.2) is 0 Å². The van der Waals surface area contributed by atoms with Crippen molar-refractivity contribution in [2.75, 3.05) is 13.2 Å². The number of carbonyl (C=O) groups excluding carboxylic acids is 2. The molecular formula is C36H70O4. The van der Waals surface area contributed by atoms with E-state index in [4.69, 9.17) is 9.47 Å². The third-order valence-corrected chi connectivity index (χ3v) is 8.40. The molecule has 0 aliphatic heterocycles. The Morgan fingerprint density at radius 2 is 0.925 bits per heavy atom. The quantitative estimate of drug-likeness (QED) is 0.0667. The molecule has 0 aliphatic rings. The van der Waals surface area contributed by atoms with Crippen LogP contribution in [0, 0.1) is 23.7 Å². The highest BCUT2D eigenvalue weighted by Gasteiger charge is 2.26. The van der Waals surface area contributed by atoms with Crippen LogP contribution in [0.15, 0.2) is 0 Å². The van der Waals surface area contributed by atoms with Crippen LogP contribution in [0.1, 0.15) is 183 Å². The highest BCUT2D eigenvalue weighted by Crippen LogP contribution is 2.27. The number of unbranched alkanes of at least 4 members (excludes halogenated alkanes) is 13. The summed E-state index contributed by atoms with van der Waals surface area (Å²) in [6, 6.07) is 0. The van der Waals surface area contributed by atoms with E-state index in [1.165, 1.54) is 83.5 Å². The summed E-state index contributed by atoms with van der Waals surface area (Å²) in [7, 11) is 0. The van der Waals surface area contributed by atoms with Crippen LogP contribution in [-0.4, -0.2) is 25.2 Å². The predicted molar refractivity (Wildman–Crippen MR) is 171 cm³/mol. The molecule has 40 heavy (non-hydrogen) atoms. The van der Waals surface area contributed by atoms with Crippen LogP contribution >= 0.6 is 0 Å². The van der Waals surface area contributed by atoms with Crippen molar-refractivity contribution in [3.63, 3.8) is 0 Å². The van der Waals surface area contributed by atoms with E-state index in [1.807, 2.05) is 0 Å². The molecule has 0 aromatic carbocycles. The van der Waals surface area contributed by atoms with Gasteiger partial charge in [-0.3, -0.25) is 9.59 Å². The lowest BCUT2D eigenvalue weighted by Crippen LogP contribution is -2.25. The van der Waals surface area contributed by atoms with Gasteiger partial charge in [0.2, 0.25) is 0 Å². The van der Waals surface area contributed by atoms with Gasteiger partial charge in [0, 0.05) is 6.42 Å². The lowest BCUT2D eigenvalue weighted by molar-refractivity contribution is -0.151. The molecule has 0 amide bonds. The van der Waals surface area contributed by atoms with Gasteiger partial charge in [-0.15, -0.1) is 0 Å². The molecule has 0 fully saturated rings. The maximum atomic E-state index is 12.6. The number of esters is 2. The summed E-state index contributed by atoms with van der Waals surface area (Å²) < 4.78 is 10.9. The fraction of sp³-hybridized carbons (Fsp3) is 0.944. The zero-order valence-electron chi connectivity index (χ0n) is 27.9. The van der Waals surface area contributed by atoms with Crippen LogP contribution < -0.4 is 0 Å². The molecule has 2 unspecified atom stereocenters. The molecule has 0 heterocycles. The number of hydrogen-bond acceptors (Lipinski definition) is 4. The molecule has 2 atom stereocenters. The maximum Gasteiger partial charge on any atom is 0.309 e. The molecule has 0 saturated carbocycles. The Labute approximate surface area is 250 Å². The minimum Gasteiger partial charge on any atom is -0.466 e. The monoisotopic (exact) mass is 567 g/mol. The number of ether oxygens (including phenoxy) is 2. The Morgan fingerprint density at radius 3 is 1.35 bits per heavy atom. The van der Waals surface area contributed by atoms with Gasteiger partial charge in [0.1, 0.15) is 0 Å². The molecule has 238 valence electrons. The molecule has 0 aromatic rings. The summed E-state index contributed by atoms with van der Waals surface area (Å²) in [5.41, 5.74) is 0. The van der Waals surface area contributed by atoms with Crippen molar-refractivity contribution in [3.05, 3.63) is 0 Å². The van der Waals surface area contributed by atoms with Gasteiger partial charge in [-0.1, -0.05) is 131 Å². The third-order valence-electron chi connectivity index (χ3n) is 8.40. The SMILES string of the molecule is CCC(CCCCCCCCCCCCCCCCC(=O)OCCCC(C)C)C(CC)C(=O)OCCCC(C)C. The fourth-order valence-corrected chi connectivity index (χ4v) is 5.70. The van der Waals surface area contributed by atoms with Crippen LogP contribution in [-0.2, 0) is 19.1 Å². The first kappa shape index (κ1) is 38.9. The molecule has 0 radical (unpaired) electrons. The van der Waals surface area contributed by atoms with Gasteiger partial charge >= 0.3 is 11.9 Å². The lowest BCUT2D eigenvalue weighted by atomic mass is 9.84. The largest absolute Gasteiger partial charge is 0.466 e. The lowest BCUT2D eigenvalue weighted by Gasteiger charge is -2.24. The van der Waals surface area contributed by atoms with Crippen molar-refractivity contribution >= 4 is 11.9 Å². The van der Waals surface area contributed by atoms with Crippen molar-refractivity contribution in [1.29, 1.82) is 0 Å². The van der Waals surface area contributed by atoms with Crippen molar-refractivity contribution in [1.82, 2.24) is 0 Å². The van der Waals surface area contributed by atoms with E-state index in [2.05, 4.69) is 41.5 Å². The fourth-order valence-electron chi connectivity index (χ4n) is 5.70. The van der Waals surface area contributed by atoms with Crippen LogP contribution in [0.2, 0.25) is 0 Å². The molecule has 0 bridgehead atoms. The Kier molecular flexibility index (Phi) is 27.3. The van der Waals surface area contributed by atoms with Gasteiger partial charge < -0.3 is 9.47 Å². The maximum absolute atomic E-state index is 12.6. The van der Waals surface area contributed by atoms with Crippen molar-refractivity contribution in [3.8, 4) is 0 Å². The van der Waals surface area contributed by atoms with Crippen LogP contribution in [0.25, 0.3) is 0 Å². The standard InChI is InChI=1S/C36H70O4/c1-7-33(34(8-2)36(38)40-30-24-26-32(5)6)27-21-19-17-15-13-11-9-10-12-14-16-18-20-22-28-35(37)39-29-23-25-31(3)4/h31-34H,7-30H2,1-6H3. The highest BCUT2D eigenvalue weighted by atomic mass is 16.5. The molecule has 0 N–H and O–H groups in total. The van der Waals surface area contributed by atoms with Crippen LogP contribution in [0.3, 0.4) is 0 Å². The van der Waals surface area contributed by atoms with Crippen LogP contribution in [0.4, 0.5) is 0 Å². The van der Waals surface area contributed by atoms with Crippen molar-refractivity contribution in [2.24, 2.45) is 23.7 Å². The molecule has 0 spiro atoms. The van der Waals surface area contributed by atoms with E-state index in [0.717, 1.165) is 51.4 Å². The molecule has 4 nitrogen and oxygen atoms in total. The molecule has 4 heteroatoms. The summed E-state index contributed by atoms with van der Waals surface area (Å²) in [5, 5.41) is 0. The minimum atomic E-state index is -0.0103. The Balaban J connectivity index is 3.57. The Bertz CT molecular complexity index is 571. The van der Waals surface area contributed by atoms with E-state index >= 15 is 0 Å². The van der Waals surface area contributed by atoms with E-state index in [1.54, 1.807) is 0 Å². The number of rotatable bonds is 29. The summed E-state index contributed by atoms with van der Waals surface area (Å²) in [6.45, 7) is 14.4. The first-order valence-electron chi connectivity index (χ1n) is 17.6. The molecule has 0 aromatic heterocycles. The van der Waals surface area contributed by atoms with Gasteiger partial charge in [-0.2, -0.15) is 0 Å². The highest BCUT2D eigenvalue weighted by molar-refractivity contribution is 5.72. The second-order valence-corrected chi connectivity index (χ2v) is 13.1. The molecule has 0 rings (SSSR count). The summed E-state index contributed by atoms with van der Waals surface area (Å²) >= 11 is 0. The number of carbonyl (C=O) groups is 2. The molecule has 0 saturated heterocycles. The second kappa shape index (κ2) is 28.1. The zero-order valence-corrected chi connectivity index (χ0v) is 27.9. The Hall–Kier alpha value is -1.06. The van der Waals surface area contributed by atoms with Gasteiger partial charge in [-0.05, 0) is 62.7 Å². The first-order valence-corrected chi connectivity index (χ1v) is 17.6. The smallest absolute Gasteiger partial charge is 0.309 e. The topological polar surface area (TPSA) is 52.6 Å². The molecule has 0 aliphatic carbocycles. The van der Waals surface area contributed by atoms with E-state index in [-0.39, 0.29) is 17.9 Å². The summed E-state index contributed by atoms with van der Waals surface area (Å²) in [4.78, 5) is 24.3. The van der Waals surface area contributed by atoms with Gasteiger partial charge in [0.05, 0.1) is 19.1 Å². The Morgan fingerprint density at radius 1 is 0.500 bits per heavy atom. The third kappa shape index (κ3) is 24.7. The molecular weight excluding hydrogens is 496 g/mol. The van der Waals surface area contributed by atoms with E-state index in [9.17, 15) is 9.59 Å².